The molecule has 0 bridgehead atoms. The van der Waals surface area contributed by atoms with Crippen LogP contribution in [0.2, 0.25) is 0 Å². The molecular weight excluding hydrogens is 330 g/mol. The van der Waals surface area contributed by atoms with E-state index in [0.29, 0.717) is 12.1 Å². The number of fused-ring (bicyclic) bond motifs is 1. The summed E-state index contributed by atoms with van der Waals surface area (Å²) in [6, 6.07) is 15.0. The van der Waals surface area contributed by atoms with Crippen molar-refractivity contribution in [2.45, 2.75) is 6.54 Å². The SMILES string of the molecule is COc1ccc(CNC(=O)CN(C)C(=O)c2c[nH]c3ccccc23)cc1. The lowest BCUT2D eigenvalue weighted by Crippen LogP contribution is -2.38. The van der Waals surface area contributed by atoms with Crippen molar-refractivity contribution >= 4 is 22.7 Å². The normalized spacial score (nSPS) is 10.5. The van der Waals surface area contributed by atoms with Crippen molar-refractivity contribution in [2.75, 3.05) is 20.7 Å². The Kier molecular flexibility index (Phi) is 5.22. The van der Waals surface area contributed by atoms with Crippen molar-refractivity contribution in [1.29, 1.82) is 0 Å². The quantitative estimate of drug-likeness (QED) is 0.717. The number of carbonyl (C=O) groups excluding carboxylic acids is 2. The van der Waals surface area contributed by atoms with Gasteiger partial charge in [-0.15, -0.1) is 0 Å². The minimum absolute atomic E-state index is 0.00546. The van der Waals surface area contributed by atoms with Crippen molar-refractivity contribution < 1.29 is 14.3 Å². The summed E-state index contributed by atoms with van der Waals surface area (Å²) in [5, 5.41) is 3.67. The predicted octanol–water partition coefficient (Wildman–Crippen LogP) is 2.56. The van der Waals surface area contributed by atoms with Gasteiger partial charge in [0, 0.05) is 30.7 Å². The highest BCUT2D eigenvalue weighted by Crippen LogP contribution is 2.18. The van der Waals surface area contributed by atoms with Gasteiger partial charge in [-0.05, 0) is 23.8 Å². The Hall–Kier alpha value is -3.28. The van der Waals surface area contributed by atoms with Crippen LogP contribution in [0.15, 0.2) is 54.7 Å². The number of carbonyl (C=O) groups is 2. The first-order valence-corrected chi connectivity index (χ1v) is 8.29. The molecule has 1 aromatic heterocycles. The number of hydrogen-bond donors (Lipinski definition) is 2. The van der Waals surface area contributed by atoms with Crippen LogP contribution < -0.4 is 10.1 Å². The molecule has 6 nitrogen and oxygen atoms in total. The number of benzene rings is 2. The Morgan fingerprint density at radius 1 is 1.12 bits per heavy atom. The first-order chi connectivity index (χ1) is 12.6. The lowest BCUT2D eigenvalue weighted by atomic mass is 10.1. The first kappa shape index (κ1) is 17.5. The first-order valence-electron chi connectivity index (χ1n) is 8.29. The molecule has 134 valence electrons. The largest absolute Gasteiger partial charge is 0.497 e. The van der Waals surface area contributed by atoms with Gasteiger partial charge in [0.05, 0.1) is 19.2 Å². The van der Waals surface area contributed by atoms with E-state index in [0.717, 1.165) is 22.2 Å². The number of aromatic nitrogens is 1. The molecule has 0 saturated carbocycles. The van der Waals surface area contributed by atoms with Crippen molar-refractivity contribution in [1.82, 2.24) is 15.2 Å². The summed E-state index contributed by atoms with van der Waals surface area (Å²) in [6.07, 6.45) is 1.68. The summed E-state index contributed by atoms with van der Waals surface area (Å²) >= 11 is 0. The second-order valence-electron chi connectivity index (χ2n) is 6.03. The lowest BCUT2D eigenvalue weighted by Gasteiger charge is -2.16. The summed E-state index contributed by atoms with van der Waals surface area (Å²) in [5.74, 6) is 0.364. The molecular formula is C20H21N3O3. The Morgan fingerprint density at radius 3 is 2.58 bits per heavy atom. The van der Waals surface area contributed by atoms with Gasteiger partial charge in [0.25, 0.3) is 5.91 Å². The van der Waals surface area contributed by atoms with Gasteiger partial charge in [0.1, 0.15) is 5.75 Å². The zero-order chi connectivity index (χ0) is 18.5. The van der Waals surface area contributed by atoms with Crippen molar-refractivity contribution in [2.24, 2.45) is 0 Å². The summed E-state index contributed by atoms with van der Waals surface area (Å²) in [5.41, 5.74) is 2.42. The number of amides is 2. The summed E-state index contributed by atoms with van der Waals surface area (Å²) in [4.78, 5) is 29.3. The average molecular weight is 351 g/mol. The number of nitrogens with one attached hydrogen (secondary N) is 2. The van der Waals surface area contributed by atoms with Crippen LogP contribution in [0.5, 0.6) is 5.75 Å². The Balaban J connectivity index is 1.57. The second-order valence-corrected chi connectivity index (χ2v) is 6.03. The number of methoxy groups -OCH3 is 1. The van der Waals surface area contributed by atoms with E-state index in [1.807, 2.05) is 48.5 Å². The average Bonchev–Trinajstić information content (AvgIpc) is 3.10. The fourth-order valence-corrected chi connectivity index (χ4v) is 2.74. The number of likely N-dealkylation sites (N-methyl/N-ethyl adjacent to an activating group) is 1. The van der Waals surface area contributed by atoms with Gasteiger partial charge in [-0.2, -0.15) is 0 Å². The van der Waals surface area contributed by atoms with E-state index in [1.54, 1.807) is 20.4 Å². The smallest absolute Gasteiger partial charge is 0.256 e. The van der Waals surface area contributed by atoms with Crippen molar-refractivity contribution in [3.05, 3.63) is 65.9 Å². The predicted molar refractivity (Wildman–Crippen MR) is 100 cm³/mol. The molecule has 3 aromatic rings. The van der Waals surface area contributed by atoms with E-state index in [1.165, 1.54) is 4.90 Å². The van der Waals surface area contributed by atoms with E-state index in [2.05, 4.69) is 10.3 Å². The zero-order valence-electron chi connectivity index (χ0n) is 14.8. The van der Waals surface area contributed by atoms with Gasteiger partial charge < -0.3 is 19.9 Å². The molecule has 0 aliphatic rings. The molecule has 0 atom stereocenters. The van der Waals surface area contributed by atoms with Crippen LogP contribution in [0.25, 0.3) is 10.9 Å². The van der Waals surface area contributed by atoms with Crippen LogP contribution in [0, 0.1) is 0 Å². The third kappa shape index (κ3) is 3.85. The molecule has 0 aliphatic heterocycles. The van der Waals surface area contributed by atoms with Gasteiger partial charge in [0.2, 0.25) is 5.91 Å². The number of H-pyrrole nitrogens is 1. The third-order valence-electron chi connectivity index (χ3n) is 4.20. The maximum atomic E-state index is 12.6. The number of rotatable bonds is 6. The van der Waals surface area contributed by atoms with E-state index in [9.17, 15) is 9.59 Å². The number of para-hydroxylation sites is 1. The van der Waals surface area contributed by atoms with Gasteiger partial charge in [-0.3, -0.25) is 9.59 Å². The van der Waals surface area contributed by atoms with E-state index >= 15 is 0 Å². The summed E-state index contributed by atoms with van der Waals surface area (Å²) < 4.78 is 5.11. The lowest BCUT2D eigenvalue weighted by molar-refractivity contribution is -0.121. The fourth-order valence-electron chi connectivity index (χ4n) is 2.74. The Labute approximate surface area is 151 Å². The zero-order valence-corrected chi connectivity index (χ0v) is 14.8. The second kappa shape index (κ2) is 7.74. The molecule has 2 amide bonds. The molecule has 2 aromatic carbocycles. The van der Waals surface area contributed by atoms with Gasteiger partial charge in [-0.25, -0.2) is 0 Å². The summed E-state index contributed by atoms with van der Waals surface area (Å²) in [7, 11) is 3.23. The summed E-state index contributed by atoms with van der Waals surface area (Å²) in [6.45, 7) is 0.395. The third-order valence-corrected chi connectivity index (χ3v) is 4.20. The van der Waals surface area contributed by atoms with Crippen LogP contribution >= 0.6 is 0 Å². The van der Waals surface area contributed by atoms with Crippen molar-refractivity contribution in [3.8, 4) is 5.75 Å². The molecule has 1 heterocycles. The molecule has 0 radical (unpaired) electrons. The van der Waals surface area contributed by atoms with E-state index in [-0.39, 0.29) is 18.4 Å². The van der Waals surface area contributed by atoms with Crippen molar-refractivity contribution in [3.63, 3.8) is 0 Å². The maximum Gasteiger partial charge on any atom is 0.256 e. The Bertz CT molecular complexity index is 915. The van der Waals surface area contributed by atoms with Gasteiger partial charge in [0.15, 0.2) is 0 Å². The van der Waals surface area contributed by atoms with E-state index in [4.69, 9.17) is 4.74 Å². The minimum Gasteiger partial charge on any atom is -0.497 e. The fraction of sp³-hybridized carbons (Fsp3) is 0.200. The molecule has 0 aliphatic carbocycles. The van der Waals surface area contributed by atoms with Crippen LogP contribution in [0.4, 0.5) is 0 Å². The highest BCUT2D eigenvalue weighted by atomic mass is 16.5. The van der Waals surface area contributed by atoms with Crippen LogP contribution in [0.1, 0.15) is 15.9 Å². The number of ether oxygens (including phenoxy) is 1. The molecule has 0 saturated heterocycles. The monoisotopic (exact) mass is 351 g/mol. The molecule has 0 fully saturated rings. The standard InChI is InChI=1S/C20H21N3O3/c1-23(20(25)17-12-21-18-6-4-3-5-16(17)18)13-19(24)22-11-14-7-9-15(26-2)10-8-14/h3-10,12,21H,11,13H2,1-2H3,(H,22,24). The number of nitrogens with zero attached hydrogens (tertiary/aromatic N) is 1. The minimum atomic E-state index is -0.212. The molecule has 2 N–H and O–H groups in total. The highest BCUT2D eigenvalue weighted by Gasteiger charge is 2.18. The maximum absolute atomic E-state index is 12.6. The van der Waals surface area contributed by atoms with E-state index < -0.39 is 0 Å². The highest BCUT2D eigenvalue weighted by molar-refractivity contribution is 6.07. The molecule has 6 heteroatoms. The Morgan fingerprint density at radius 2 is 1.85 bits per heavy atom. The van der Waals surface area contributed by atoms with Crippen LogP contribution in [-0.2, 0) is 11.3 Å². The van der Waals surface area contributed by atoms with Crippen LogP contribution in [0.3, 0.4) is 0 Å². The van der Waals surface area contributed by atoms with Gasteiger partial charge in [-0.1, -0.05) is 30.3 Å². The molecule has 3 rings (SSSR count). The topological polar surface area (TPSA) is 74.4 Å². The molecule has 0 spiro atoms. The molecule has 26 heavy (non-hydrogen) atoms. The van der Waals surface area contributed by atoms with Crippen LogP contribution in [-0.4, -0.2) is 42.4 Å². The number of aromatic amines is 1. The van der Waals surface area contributed by atoms with Gasteiger partial charge >= 0.3 is 0 Å². The number of hydrogen-bond acceptors (Lipinski definition) is 3. The molecule has 0 unspecified atom stereocenters.